The molecule has 0 aliphatic rings. The molecule has 0 saturated carbocycles. The highest BCUT2D eigenvalue weighted by Crippen LogP contribution is 2.18. The predicted octanol–water partition coefficient (Wildman–Crippen LogP) is 3.81. The zero-order valence-electron chi connectivity index (χ0n) is 11.7. The molecule has 1 heterocycles. The third-order valence-corrected chi connectivity index (χ3v) is 3.66. The maximum Gasteiger partial charge on any atom is 0.123 e. The van der Waals surface area contributed by atoms with Crippen LogP contribution in [0.2, 0.25) is 0 Å². The topological polar surface area (TPSA) is 17.8 Å². The molecular weight excluding hydrogens is 251 g/mol. The molecular formula is C17H17FN2. The van der Waals surface area contributed by atoms with Crippen molar-refractivity contribution in [2.45, 2.75) is 19.8 Å². The molecule has 2 aromatic carbocycles. The summed E-state index contributed by atoms with van der Waals surface area (Å²) in [6.07, 6.45) is 1.61. The first-order valence-electron chi connectivity index (χ1n) is 6.80. The van der Waals surface area contributed by atoms with Crippen LogP contribution in [-0.2, 0) is 19.9 Å². The van der Waals surface area contributed by atoms with E-state index in [-0.39, 0.29) is 5.82 Å². The van der Waals surface area contributed by atoms with Crippen LogP contribution in [-0.4, -0.2) is 9.55 Å². The maximum atomic E-state index is 13.2. The van der Waals surface area contributed by atoms with Crippen molar-refractivity contribution in [3.05, 3.63) is 65.2 Å². The lowest BCUT2D eigenvalue weighted by molar-refractivity contribution is 0.624. The van der Waals surface area contributed by atoms with Crippen LogP contribution < -0.4 is 0 Å². The molecule has 3 rings (SSSR count). The van der Waals surface area contributed by atoms with Gasteiger partial charge in [0.2, 0.25) is 0 Å². The number of imidazole rings is 1. The molecule has 0 spiro atoms. The van der Waals surface area contributed by atoms with Crippen LogP contribution in [0, 0.1) is 12.7 Å². The summed E-state index contributed by atoms with van der Waals surface area (Å²) in [6.45, 7) is 2.07. The third-order valence-electron chi connectivity index (χ3n) is 3.66. The Hall–Kier alpha value is -2.16. The number of nitrogens with zero attached hydrogens (tertiary/aromatic N) is 2. The molecule has 20 heavy (non-hydrogen) atoms. The van der Waals surface area contributed by atoms with Crippen LogP contribution >= 0.6 is 0 Å². The fourth-order valence-electron chi connectivity index (χ4n) is 2.53. The summed E-state index contributed by atoms with van der Waals surface area (Å²) in [6, 6.07) is 13.1. The van der Waals surface area contributed by atoms with Crippen molar-refractivity contribution in [1.82, 2.24) is 9.55 Å². The average Bonchev–Trinajstić information content (AvgIpc) is 2.72. The molecule has 0 N–H and O–H groups in total. The fourth-order valence-corrected chi connectivity index (χ4v) is 2.53. The van der Waals surface area contributed by atoms with Crippen molar-refractivity contribution in [2.24, 2.45) is 7.05 Å². The van der Waals surface area contributed by atoms with Crippen molar-refractivity contribution in [3.8, 4) is 0 Å². The molecule has 0 amide bonds. The van der Waals surface area contributed by atoms with Gasteiger partial charge >= 0.3 is 0 Å². The van der Waals surface area contributed by atoms with Crippen molar-refractivity contribution >= 4 is 11.0 Å². The van der Waals surface area contributed by atoms with Gasteiger partial charge in [0.25, 0.3) is 0 Å². The minimum absolute atomic E-state index is 0.178. The van der Waals surface area contributed by atoms with Crippen LogP contribution in [0.4, 0.5) is 4.39 Å². The summed E-state index contributed by atoms with van der Waals surface area (Å²) >= 11 is 0. The van der Waals surface area contributed by atoms with E-state index in [1.807, 2.05) is 13.1 Å². The van der Waals surface area contributed by atoms with E-state index in [1.165, 1.54) is 11.6 Å². The molecule has 0 fully saturated rings. The second-order valence-corrected chi connectivity index (χ2v) is 5.21. The van der Waals surface area contributed by atoms with E-state index in [1.54, 1.807) is 12.1 Å². The highest BCUT2D eigenvalue weighted by molar-refractivity contribution is 5.76. The maximum absolute atomic E-state index is 13.2. The molecule has 3 aromatic rings. The second kappa shape index (κ2) is 5.08. The summed E-state index contributed by atoms with van der Waals surface area (Å²) in [5, 5.41) is 0. The Bertz CT molecular complexity index is 759. The summed E-state index contributed by atoms with van der Waals surface area (Å²) < 4.78 is 15.3. The van der Waals surface area contributed by atoms with Gasteiger partial charge in [-0.3, -0.25) is 0 Å². The quantitative estimate of drug-likeness (QED) is 0.706. The van der Waals surface area contributed by atoms with Crippen LogP contribution in [0.3, 0.4) is 0 Å². The van der Waals surface area contributed by atoms with Crippen LogP contribution in [0.5, 0.6) is 0 Å². The van der Waals surface area contributed by atoms with Crippen LogP contribution in [0.1, 0.15) is 17.0 Å². The normalized spacial score (nSPS) is 11.2. The molecule has 1 aromatic heterocycles. The fraction of sp³-hybridized carbons (Fsp3) is 0.235. The van der Waals surface area contributed by atoms with Gasteiger partial charge in [-0.05, 0) is 48.7 Å². The molecule has 0 bridgehead atoms. The molecule has 0 unspecified atom stereocenters. The Morgan fingerprint density at radius 1 is 1.10 bits per heavy atom. The van der Waals surface area contributed by atoms with E-state index in [0.717, 1.165) is 35.3 Å². The van der Waals surface area contributed by atoms with E-state index in [9.17, 15) is 4.39 Å². The number of hydrogen-bond acceptors (Lipinski definition) is 1. The highest BCUT2D eigenvalue weighted by atomic mass is 19.1. The number of hydrogen-bond donors (Lipinski definition) is 0. The molecule has 0 atom stereocenters. The second-order valence-electron chi connectivity index (χ2n) is 5.21. The van der Waals surface area contributed by atoms with Gasteiger partial charge in [-0.1, -0.05) is 18.2 Å². The van der Waals surface area contributed by atoms with E-state index >= 15 is 0 Å². The van der Waals surface area contributed by atoms with Gasteiger partial charge in [0.15, 0.2) is 0 Å². The Labute approximate surface area is 117 Å². The van der Waals surface area contributed by atoms with Crippen molar-refractivity contribution < 1.29 is 4.39 Å². The van der Waals surface area contributed by atoms with Gasteiger partial charge in [-0.15, -0.1) is 0 Å². The van der Waals surface area contributed by atoms with Gasteiger partial charge in [0, 0.05) is 13.5 Å². The number of benzene rings is 2. The largest absolute Gasteiger partial charge is 0.331 e. The average molecular weight is 268 g/mol. The van der Waals surface area contributed by atoms with Gasteiger partial charge in [0.1, 0.15) is 11.6 Å². The Balaban J connectivity index is 1.86. The van der Waals surface area contributed by atoms with E-state index in [4.69, 9.17) is 0 Å². The lowest BCUT2D eigenvalue weighted by Gasteiger charge is -2.03. The molecule has 0 aliphatic carbocycles. The lowest BCUT2D eigenvalue weighted by Crippen LogP contribution is -2.00. The first-order valence-corrected chi connectivity index (χ1v) is 6.80. The molecule has 2 nitrogen and oxygen atoms in total. The standard InChI is InChI=1S/C17H17FN2/c1-12-6-8-16-15(10-12)19-17(20(16)2)9-7-13-4-3-5-14(18)11-13/h3-6,8,10-11H,7,9H2,1-2H3. The smallest absolute Gasteiger partial charge is 0.123 e. The van der Waals surface area contributed by atoms with E-state index in [2.05, 4.69) is 34.7 Å². The van der Waals surface area contributed by atoms with E-state index in [0.29, 0.717) is 0 Å². The Morgan fingerprint density at radius 3 is 2.75 bits per heavy atom. The minimum atomic E-state index is -0.178. The predicted molar refractivity (Wildman–Crippen MR) is 79.3 cm³/mol. The number of fused-ring (bicyclic) bond motifs is 1. The summed E-state index contributed by atoms with van der Waals surface area (Å²) in [7, 11) is 2.03. The lowest BCUT2D eigenvalue weighted by atomic mass is 10.1. The van der Waals surface area contributed by atoms with E-state index < -0.39 is 0 Å². The number of halogens is 1. The van der Waals surface area contributed by atoms with Crippen molar-refractivity contribution in [3.63, 3.8) is 0 Å². The third kappa shape index (κ3) is 2.44. The van der Waals surface area contributed by atoms with Gasteiger partial charge in [-0.25, -0.2) is 9.37 Å². The van der Waals surface area contributed by atoms with Crippen LogP contribution in [0.15, 0.2) is 42.5 Å². The van der Waals surface area contributed by atoms with Crippen LogP contribution in [0.25, 0.3) is 11.0 Å². The molecule has 102 valence electrons. The number of rotatable bonds is 3. The molecule has 0 saturated heterocycles. The molecule has 0 aliphatic heterocycles. The SMILES string of the molecule is Cc1ccc2c(c1)nc(CCc1cccc(F)c1)n2C. The first-order chi connectivity index (χ1) is 9.63. The first kappa shape index (κ1) is 12.9. The summed E-state index contributed by atoms with van der Waals surface area (Å²) in [5.41, 5.74) is 4.40. The number of aromatic nitrogens is 2. The number of aryl methyl sites for hydroxylation is 4. The van der Waals surface area contributed by atoms with Crippen molar-refractivity contribution in [2.75, 3.05) is 0 Å². The minimum Gasteiger partial charge on any atom is -0.331 e. The molecule has 0 radical (unpaired) electrons. The monoisotopic (exact) mass is 268 g/mol. The van der Waals surface area contributed by atoms with Gasteiger partial charge < -0.3 is 4.57 Å². The van der Waals surface area contributed by atoms with Gasteiger partial charge in [-0.2, -0.15) is 0 Å². The van der Waals surface area contributed by atoms with Crippen molar-refractivity contribution in [1.29, 1.82) is 0 Å². The summed E-state index contributed by atoms with van der Waals surface area (Å²) in [5.74, 6) is 0.859. The Kier molecular flexibility index (Phi) is 3.26. The Morgan fingerprint density at radius 2 is 1.95 bits per heavy atom. The highest BCUT2D eigenvalue weighted by Gasteiger charge is 2.08. The zero-order chi connectivity index (χ0) is 14.1. The summed E-state index contributed by atoms with van der Waals surface area (Å²) in [4.78, 5) is 4.68. The molecule has 3 heteroatoms. The zero-order valence-corrected chi connectivity index (χ0v) is 11.7. The van der Waals surface area contributed by atoms with Gasteiger partial charge in [0.05, 0.1) is 11.0 Å².